The van der Waals surface area contributed by atoms with Crippen molar-refractivity contribution in [3.05, 3.63) is 23.8 Å². The monoisotopic (exact) mass is 275 g/mol. The average Bonchev–Trinajstić information content (AvgIpc) is 3.01. The van der Waals surface area contributed by atoms with Gasteiger partial charge in [-0.15, -0.1) is 0 Å². The van der Waals surface area contributed by atoms with Gasteiger partial charge < -0.3 is 14.8 Å². The summed E-state index contributed by atoms with van der Waals surface area (Å²) in [5.41, 5.74) is 1.32. The summed E-state index contributed by atoms with van der Waals surface area (Å²) in [6.45, 7) is 4.69. The summed E-state index contributed by atoms with van der Waals surface area (Å²) in [5.74, 6) is 2.67. The molecule has 1 saturated carbocycles. The third kappa shape index (κ3) is 3.26. The number of fused-ring (bicyclic) bond motifs is 1. The van der Waals surface area contributed by atoms with Gasteiger partial charge in [0.25, 0.3) is 0 Å². The minimum atomic E-state index is 0.648. The second kappa shape index (κ2) is 6.49. The Morgan fingerprint density at radius 2 is 1.90 bits per heavy atom. The maximum atomic E-state index is 5.63. The van der Waals surface area contributed by atoms with Crippen molar-refractivity contribution in [2.75, 3.05) is 19.8 Å². The lowest BCUT2D eigenvalue weighted by atomic mass is 9.99. The van der Waals surface area contributed by atoms with Crippen LogP contribution in [0.15, 0.2) is 18.2 Å². The summed E-state index contributed by atoms with van der Waals surface area (Å²) >= 11 is 0. The van der Waals surface area contributed by atoms with Crippen LogP contribution >= 0.6 is 0 Å². The van der Waals surface area contributed by atoms with Gasteiger partial charge in [0.1, 0.15) is 13.2 Å². The number of benzene rings is 1. The van der Waals surface area contributed by atoms with Crippen LogP contribution in [0.2, 0.25) is 0 Å². The molecule has 0 spiro atoms. The van der Waals surface area contributed by atoms with Gasteiger partial charge in [0.2, 0.25) is 0 Å². The predicted molar refractivity (Wildman–Crippen MR) is 80.6 cm³/mol. The maximum absolute atomic E-state index is 5.63. The van der Waals surface area contributed by atoms with Crippen LogP contribution in [-0.2, 0) is 6.42 Å². The topological polar surface area (TPSA) is 30.5 Å². The van der Waals surface area contributed by atoms with Crippen molar-refractivity contribution >= 4 is 0 Å². The molecule has 1 unspecified atom stereocenters. The zero-order chi connectivity index (χ0) is 13.8. The number of ether oxygens (including phenoxy) is 2. The smallest absolute Gasteiger partial charge is 0.161 e. The molecule has 0 amide bonds. The average molecular weight is 275 g/mol. The normalized spacial score (nSPS) is 20.1. The first kappa shape index (κ1) is 13.7. The van der Waals surface area contributed by atoms with Crippen LogP contribution in [0, 0.1) is 5.92 Å². The zero-order valence-electron chi connectivity index (χ0n) is 12.4. The Balaban J connectivity index is 1.48. The van der Waals surface area contributed by atoms with Crippen molar-refractivity contribution in [3.63, 3.8) is 0 Å². The largest absolute Gasteiger partial charge is 0.486 e. The molecule has 0 radical (unpaired) electrons. The summed E-state index contributed by atoms with van der Waals surface area (Å²) in [6.07, 6.45) is 6.68. The third-order valence-electron chi connectivity index (χ3n) is 4.59. The third-order valence-corrected chi connectivity index (χ3v) is 4.59. The number of nitrogens with one attached hydrogen (secondary N) is 1. The quantitative estimate of drug-likeness (QED) is 0.895. The van der Waals surface area contributed by atoms with E-state index in [0.29, 0.717) is 19.3 Å². The molecular weight excluding hydrogens is 250 g/mol. The zero-order valence-corrected chi connectivity index (χ0v) is 12.4. The van der Waals surface area contributed by atoms with Crippen molar-refractivity contribution < 1.29 is 9.47 Å². The van der Waals surface area contributed by atoms with E-state index in [0.717, 1.165) is 30.4 Å². The molecule has 1 N–H and O–H groups in total. The van der Waals surface area contributed by atoms with Gasteiger partial charge in [0.05, 0.1) is 0 Å². The molecule has 3 heteroatoms. The van der Waals surface area contributed by atoms with Gasteiger partial charge in [-0.2, -0.15) is 0 Å². The van der Waals surface area contributed by atoms with Crippen LogP contribution in [0.4, 0.5) is 0 Å². The molecule has 1 atom stereocenters. The van der Waals surface area contributed by atoms with E-state index in [9.17, 15) is 0 Å². The number of hydrogen-bond acceptors (Lipinski definition) is 3. The molecule has 1 heterocycles. The minimum Gasteiger partial charge on any atom is -0.486 e. The molecule has 20 heavy (non-hydrogen) atoms. The molecule has 1 fully saturated rings. The molecule has 1 aliphatic carbocycles. The number of rotatable bonds is 5. The highest BCUT2D eigenvalue weighted by Crippen LogP contribution is 2.31. The van der Waals surface area contributed by atoms with Gasteiger partial charge in [-0.25, -0.2) is 0 Å². The molecule has 1 aromatic carbocycles. The van der Waals surface area contributed by atoms with Crippen LogP contribution in [0.1, 0.15) is 38.2 Å². The molecular formula is C17H25NO2. The van der Waals surface area contributed by atoms with Crippen LogP contribution in [0.25, 0.3) is 0 Å². The van der Waals surface area contributed by atoms with Crippen LogP contribution < -0.4 is 14.8 Å². The Labute approximate surface area is 121 Å². The lowest BCUT2D eigenvalue weighted by Gasteiger charge is -2.21. The van der Waals surface area contributed by atoms with Crippen molar-refractivity contribution in [3.8, 4) is 11.5 Å². The van der Waals surface area contributed by atoms with E-state index in [1.807, 2.05) is 6.07 Å². The van der Waals surface area contributed by atoms with Crippen molar-refractivity contribution in [1.29, 1.82) is 0 Å². The molecule has 3 rings (SSSR count). The predicted octanol–water partition coefficient (Wildman–Crippen LogP) is 3.17. The SMILES string of the molecule is CC(NCCc1ccc2c(c1)OCCO2)C1CCCC1. The van der Waals surface area contributed by atoms with Crippen LogP contribution in [0.3, 0.4) is 0 Å². The first-order valence-corrected chi connectivity index (χ1v) is 7.95. The Morgan fingerprint density at radius 1 is 1.15 bits per heavy atom. The molecule has 110 valence electrons. The standard InChI is InChI=1S/C17H25NO2/c1-13(15-4-2-3-5-15)18-9-8-14-6-7-16-17(12-14)20-11-10-19-16/h6-7,12-13,15,18H,2-5,8-11H2,1H3. The molecule has 0 saturated heterocycles. The van der Waals surface area contributed by atoms with Crippen LogP contribution in [-0.4, -0.2) is 25.8 Å². The first-order chi connectivity index (χ1) is 9.83. The molecule has 2 aliphatic rings. The minimum absolute atomic E-state index is 0.648. The van der Waals surface area contributed by atoms with E-state index >= 15 is 0 Å². The summed E-state index contributed by atoms with van der Waals surface area (Å²) in [5, 5.41) is 3.68. The molecule has 1 aromatic rings. The lowest BCUT2D eigenvalue weighted by molar-refractivity contribution is 0.171. The molecule has 3 nitrogen and oxygen atoms in total. The Morgan fingerprint density at radius 3 is 2.70 bits per heavy atom. The lowest BCUT2D eigenvalue weighted by Crippen LogP contribution is -2.33. The second-order valence-corrected chi connectivity index (χ2v) is 6.02. The highest BCUT2D eigenvalue weighted by atomic mass is 16.6. The van der Waals surface area contributed by atoms with E-state index < -0.39 is 0 Å². The maximum Gasteiger partial charge on any atom is 0.161 e. The summed E-state index contributed by atoms with van der Waals surface area (Å²) in [4.78, 5) is 0. The van der Waals surface area contributed by atoms with Gasteiger partial charge in [0.15, 0.2) is 11.5 Å². The van der Waals surface area contributed by atoms with E-state index in [-0.39, 0.29) is 0 Å². The van der Waals surface area contributed by atoms with Gasteiger partial charge in [-0.05, 0) is 56.3 Å². The second-order valence-electron chi connectivity index (χ2n) is 6.02. The molecule has 1 aliphatic heterocycles. The van der Waals surface area contributed by atoms with E-state index in [1.165, 1.54) is 31.2 Å². The van der Waals surface area contributed by atoms with Gasteiger partial charge in [-0.3, -0.25) is 0 Å². The van der Waals surface area contributed by atoms with Gasteiger partial charge in [0, 0.05) is 6.04 Å². The van der Waals surface area contributed by atoms with E-state index in [4.69, 9.17) is 9.47 Å². The van der Waals surface area contributed by atoms with E-state index in [2.05, 4.69) is 24.4 Å². The van der Waals surface area contributed by atoms with Gasteiger partial charge >= 0.3 is 0 Å². The van der Waals surface area contributed by atoms with Crippen molar-refractivity contribution in [2.45, 2.75) is 45.1 Å². The summed E-state index contributed by atoms with van der Waals surface area (Å²) in [7, 11) is 0. The summed E-state index contributed by atoms with van der Waals surface area (Å²) in [6, 6.07) is 6.95. The fraction of sp³-hybridized carbons (Fsp3) is 0.647. The highest BCUT2D eigenvalue weighted by Gasteiger charge is 2.20. The van der Waals surface area contributed by atoms with E-state index in [1.54, 1.807) is 0 Å². The van der Waals surface area contributed by atoms with Crippen molar-refractivity contribution in [2.24, 2.45) is 5.92 Å². The molecule has 0 bridgehead atoms. The Hall–Kier alpha value is -1.22. The Bertz CT molecular complexity index is 441. The molecule has 0 aromatic heterocycles. The first-order valence-electron chi connectivity index (χ1n) is 7.95. The van der Waals surface area contributed by atoms with Gasteiger partial charge in [-0.1, -0.05) is 18.9 Å². The van der Waals surface area contributed by atoms with Crippen LogP contribution in [0.5, 0.6) is 11.5 Å². The highest BCUT2D eigenvalue weighted by molar-refractivity contribution is 5.43. The fourth-order valence-corrected chi connectivity index (χ4v) is 3.31. The fourth-order valence-electron chi connectivity index (χ4n) is 3.31. The van der Waals surface area contributed by atoms with Crippen molar-refractivity contribution in [1.82, 2.24) is 5.32 Å². The Kier molecular flexibility index (Phi) is 4.46. The number of hydrogen-bond donors (Lipinski definition) is 1. The summed E-state index contributed by atoms with van der Waals surface area (Å²) < 4.78 is 11.2.